The third-order valence-electron chi connectivity index (χ3n) is 5.46. The molecule has 3 rings (SSSR count). The Balaban J connectivity index is 1.93. The number of aromatic nitrogens is 2. The molecule has 2 aromatic carbocycles. The van der Waals surface area contributed by atoms with Crippen LogP contribution in [0.25, 0.3) is 11.3 Å². The van der Waals surface area contributed by atoms with Gasteiger partial charge in [0.05, 0.1) is 24.9 Å². The van der Waals surface area contributed by atoms with Crippen molar-refractivity contribution in [1.29, 1.82) is 0 Å². The zero-order chi connectivity index (χ0) is 26.1. The summed E-state index contributed by atoms with van der Waals surface area (Å²) < 4.78 is 46.3. The summed E-state index contributed by atoms with van der Waals surface area (Å²) in [7, 11) is 3.33. The van der Waals surface area contributed by atoms with Crippen LogP contribution >= 0.6 is 0 Å². The van der Waals surface area contributed by atoms with Gasteiger partial charge in [0, 0.05) is 52.0 Å². The Morgan fingerprint density at radius 3 is 2.50 bits per heavy atom. The van der Waals surface area contributed by atoms with Gasteiger partial charge >= 0.3 is 0 Å². The molecule has 0 radical (unpaired) electrons. The predicted molar refractivity (Wildman–Crippen MR) is 134 cm³/mol. The van der Waals surface area contributed by atoms with E-state index in [1.165, 1.54) is 10.7 Å². The molecule has 0 bridgehead atoms. The molecular weight excluding hydrogens is 468 g/mol. The number of methoxy groups -OCH3 is 1. The molecule has 7 nitrogen and oxygen atoms in total. The van der Waals surface area contributed by atoms with E-state index in [0.717, 1.165) is 17.7 Å². The first kappa shape index (κ1) is 27.7. The van der Waals surface area contributed by atoms with Crippen molar-refractivity contribution in [1.82, 2.24) is 14.7 Å². The van der Waals surface area contributed by atoms with Crippen molar-refractivity contribution in [3.05, 3.63) is 65.7 Å². The maximum atomic E-state index is 14.4. The fourth-order valence-corrected chi connectivity index (χ4v) is 3.78. The number of aliphatic hydroxyl groups excluding tert-OH is 1. The normalized spacial score (nSPS) is 12.5. The van der Waals surface area contributed by atoms with Crippen LogP contribution < -0.4 is 4.74 Å². The topological polar surface area (TPSA) is 69.0 Å². The van der Waals surface area contributed by atoms with E-state index < -0.39 is 17.7 Å². The zero-order valence-corrected chi connectivity index (χ0v) is 21.3. The molecule has 9 heteroatoms. The summed E-state index contributed by atoms with van der Waals surface area (Å²) in [5.41, 5.74) is 2.24. The summed E-state index contributed by atoms with van der Waals surface area (Å²) in [5, 5.41) is 15.3. The Labute approximate surface area is 211 Å². The lowest BCUT2D eigenvalue weighted by atomic mass is 10.1. The van der Waals surface area contributed by atoms with Gasteiger partial charge in [0.15, 0.2) is 11.6 Å². The summed E-state index contributed by atoms with van der Waals surface area (Å²) >= 11 is 0. The quantitative estimate of drug-likeness (QED) is 0.346. The van der Waals surface area contributed by atoms with Gasteiger partial charge in [0.25, 0.3) is 0 Å². The first-order valence-electron chi connectivity index (χ1n) is 12.0. The molecule has 1 aromatic heterocycles. The van der Waals surface area contributed by atoms with E-state index in [1.54, 1.807) is 14.2 Å². The molecule has 0 saturated carbocycles. The molecule has 0 fully saturated rings. The molecule has 1 heterocycles. The molecular formula is C27H35F2N3O4. The smallest absolute Gasteiger partial charge is 0.222 e. The van der Waals surface area contributed by atoms with Crippen LogP contribution in [-0.4, -0.2) is 65.9 Å². The van der Waals surface area contributed by atoms with Crippen molar-refractivity contribution in [2.45, 2.75) is 26.5 Å². The first-order chi connectivity index (χ1) is 17.3. The van der Waals surface area contributed by atoms with Crippen LogP contribution in [0.4, 0.5) is 8.78 Å². The van der Waals surface area contributed by atoms with Crippen molar-refractivity contribution < 1.29 is 28.1 Å². The maximum absolute atomic E-state index is 14.4. The predicted octanol–water partition coefficient (Wildman–Crippen LogP) is 4.64. The molecule has 1 atom stereocenters. The molecule has 36 heavy (non-hydrogen) atoms. The van der Waals surface area contributed by atoms with Gasteiger partial charge in [-0.05, 0) is 18.1 Å². The third kappa shape index (κ3) is 7.83. The minimum atomic E-state index is -0.808. The second kappa shape index (κ2) is 13.5. The van der Waals surface area contributed by atoms with Crippen LogP contribution in [0.15, 0.2) is 48.5 Å². The number of aliphatic hydroxyl groups is 1. The second-order valence-electron chi connectivity index (χ2n) is 9.11. The lowest BCUT2D eigenvalue weighted by Crippen LogP contribution is -2.37. The Bertz CT molecular complexity index is 1090. The SMILES string of the molecule is COCCN(Cc1c(-c2ccccc2)nn(C)c1Oc1ccc(F)cc1F)CC(O)COCC(C)C. The largest absolute Gasteiger partial charge is 0.436 e. The maximum Gasteiger partial charge on any atom is 0.222 e. The molecule has 1 N–H and O–H groups in total. The van der Waals surface area contributed by atoms with Gasteiger partial charge in [0.2, 0.25) is 5.88 Å². The van der Waals surface area contributed by atoms with Crippen LogP contribution in [0.3, 0.4) is 0 Å². The number of ether oxygens (including phenoxy) is 3. The monoisotopic (exact) mass is 503 g/mol. The van der Waals surface area contributed by atoms with Crippen molar-refractivity contribution in [2.24, 2.45) is 13.0 Å². The highest BCUT2D eigenvalue weighted by Gasteiger charge is 2.24. The third-order valence-corrected chi connectivity index (χ3v) is 5.46. The summed E-state index contributed by atoms with van der Waals surface area (Å²) in [6.45, 7) is 6.54. The lowest BCUT2D eigenvalue weighted by molar-refractivity contribution is 0.00329. The standard InChI is InChI=1S/C27H35F2N3O4/c1-19(2)17-35-18-22(33)15-32(12-13-34-4)16-23-26(20-8-6-5-7-9-20)30-31(3)27(23)36-25-11-10-21(28)14-24(25)29/h5-11,14,19,22,33H,12-13,15-18H2,1-4H3. The van der Waals surface area contributed by atoms with E-state index in [0.29, 0.717) is 55.9 Å². The Kier molecular flexibility index (Phi) is 10.4. The van der Waals surface area contributed by atoms with E-state index in [9.17, 15) is 13.9 Å². The van der Waals surface area contributed by atoms with Crippen molar-refractivity contribution in [2.75, 3.05) is 40.0 Å². The van der Waals surface area contributed by atoms with Crippen LogP contribution in [0, 0.1) is 17.6 Å². The minimum absolute atomic E-state index is 0.106. The highest BCUT2D eigenvalue weighted by molar-refractivity contribution is 5.65. The summed E-state index contributed by atoms with van der Waals surface area (Å²) in [5.74, 6) is -0.901. The van der Waals surface area contributed by atoms with Gasteiger partial charge in [-0.25, -0.2) is 13.5 Å². The molecule has 1 unspecified atom stereocenters. The molecule has 196 valence electrons. The van der Waals surface area contributed by atoms with E-state index in [-0.39, 0.29) is 12.4 Å². The Morgan fingerprint density at radius 2 is 1.83 bits per heavy atom. The van der Waals surface area contributed by atoms with E-state index in [4.69, 9.17) is 14.2 Å². The number of nitrogens with zero attached hydrogens (tertiary/aromatic N) is 3. The van der Waals surface area contributed by atoms with E-state index in [1.807, 2.05) is 35.2 Å². The molecule has 0 amide bonds. The fraction of sp³-hybridized carbons (Fsp3) is 0.444. The fourth-order valence-electron chi connectivity index (χ4n) is 3.78. The van der Waals surface area contributed by atoms with E-state index in [2.05, 4.69) is 18.9 Å². The van der Waals surface area contributed by atoms with Crippen LogP contribution in [0.5, 0.6) is 11.6 Å². The van der Waals surface area contributed by atoms with Crippen LogP contribution in [-0.2, 0) is 23.1 Å². The van der Waals surface area contributed by atoms with Gasteiger partial charge in [-0.2, -0.15) is 5.10 Å². The van der Waals surface area contributed by atoms with Gasteiger partial charge in [-0.1, -0.05) is 44.2 Å². The van der Waals surface area contributed by atoms with Gasteiger partial charge < -0.3 is 19.3 Å². The molecule has 3 aromatic rings. The number of halogens is 2. The van der Waals surface area contributed by atoms with Gasteiger partial charge in [-0.3, -0.25) is 4.90 Å². The van der Waals surface area contributed by atoms with Crippen molar-refractivity contribution in [3.8, 4) is 22.9 Å². The number of rotatable bonds is 14. The highest BCUT2D eigenvalue weighted by Crippen LogP contribution is 2.35. The molecule has 0 saturated heterocycles. The zero-order valence-electron chi connectivity index (χ0n) is 21.3. The molecule has 0 aliphatic heterocycles. The summed E-state index contributed by atoms with van der Waals surface area (Å²) in [4.78, 5) is 2.02. The van der Waals surface area contributed by atoms with Crippen molar-refractivity contribution in [3.63, 3.8) is 0 Å². The van der Waals surface area contributed by atoms with Gasteiger partial charge in [0.1, 0.15) is 11.5 Å². The molecule has 0 spiro atoms. The number of hydrogen-bond donors (Lipinski definition) is 1. The minimum Gasteiger partial charge on any atom is -0.436 e. The Hall–Kier alpha value is -2.85. The Morgan fingerprint density at radius 1 is 1.08 bits per heavy atom. The average molecular weight is 504 g/mol. The van der Waals surface area contributed by atoms with Gasteiger partial charge in [-0.15, -0.1) is 0 Å². The highest BCUT2D eigenvalue weighted by atomic mass is 19.1. The summed E-state index contributed by atoms with van der Waals surface area (Å²) in [6.07, 6.45) is -0.712. The first-order valence-corrected chi connectivity index (χ1v) is 12.0. The lowest BCUT2D eigenvalue weighted by Gasteiger charge is -2.25. The van der Waals surface area contributed by atoms with Crippen molar-refractivity contribution >= 4 is 0 Å². The number of hydrogen-bond acceptors (Lipinski definition) is 6. The number of aryl methyl sites for hydroxylation is 1. The molecule has 0 aliphatic rings. The van der Waals surface area contributed by atoms with Crippen LogP contribution in [0.1, 0.15) is 19.4 Å². The van der Waals surface area contributed by atoms with Crippen LogP contribution in [0.2, 0.25) is 0 Å². The second-order valence-corrected chi connectivity index (χ2v) is 9.11. The van der Waals surface area contributed by atoms with E-state index >= 15 is 0 Å². The average Bonchev–Trinajstić information content (AvgIpc) is 3.14. The number of benzene rings is 2. The molecule has 0 aliphatic carbocycles. The summed E-state index contributed by atoms with van der Waals surface area (Å²) in [6, 6.07) is 12.8.